The zero-order valence-corrected chi connectivity index (χ0v) is 9.16. The number of hydrogen-bond donors (Lipinski definition) is 2. The number of hydrogen-bond acceptors (Lipinski definition) is 6. The van der Waals surface area contributed by atoms with Crippen LogP contribution in [0, 0.1) is 0 Å². The maximum atomic E-state index is 11.5. The number of nitrogens with one attached hydrogen (secondary N) is 1. The highest BCUT2D eigenvalue weighted by molar-refractivity contribution is 7.07. The van der Waals surface area contributed by atoms with E-state index >= 15 is 0 Å². The summed E-state index contributed by atoms with van der Waals surface area (Å²) < 4.78 is 8.51. The zero-order chi connectivity index (χ0) is 11.1. The molecule has 1 aromatic rings. The normalized spacial score (nSPS) is 12.4. The minimum absolute atomic E-state index is 0.00917. The number of amides is 1. The fourth-order valence-electron chi connectivity index (χ4n) is 1.08. The summed E-state index contributed by atoms with van der Waals surface area (Å²) in [4.78, 5) is 12.0. The average molecular weight is 231 g/mol. The van der Waals surface area contributed by atoms with E-state index in [0.717, 1.165) is 11.5 Å². The lowest BCUT2D eigenvalue weighted by atomic mass is 10.2. The summed E-state index contributed by atoms with van der Waals surface area (Å²) >= 11 is 1.03. The first-order valence-corrected chi connectivity index (χ1v) is 5.23. The second kappa shape index (κ2) is 6.44. The molecule has 6 nitrogen and oxygen atoms in total. The molecule has 1 aromatic heterocycles. The van der Waals surface area contributed by atoms with Crippen molar-refractivity contribution in [3.8, 4) is 0 Å². The van der Waals surface area contributed by atoms with Crippen LogP contribution >= 0.6 is 11.5 Å². The van der Waals surface area contributed by atoms with E-state index in [2.05, 4.69) is 14.9 Å². The molecular formula is C8H13N3O3S. The highest BCUT2D eigenvalue weighted by atomic mass is 32.1. The van der Waals surface area contributed by atoms with Gasteiger partial charge >= 0.3 is 0 Å². The Hall–Kier alpha value is -1.05. The Bertz CT molecular complexity index is 285. The fourth-order valence-corrected chi connectivity index (χ4v) is 1.50. The monoisotopic (exact) mass is 231 g/mol. The van der Waals surface area contributed by atoms with Crippen LogP contribution in [0.25, 0.3) is 0 Å². The average Bonchev–Trinajstić information content (AvgIpc) is 2.71. The number of carbonyl (C=O) groups is 1. The molecule has 0 aliphatic rings. The van der Waals surface area contributed by atoms with Gasteiger partial charge in [0.1, 0.15) is 4.88 Å². The van der Waals surface area contributed by atoms with Crippen molar-refractivity contribution in [1.82, 2.24) is 14.9 Å². The van der Waals surface area contributed by atoms with Crippen molar-refractivity contribution in [3.05, 3.63) is 11.1 Å². The summed E-state index contributed by atoms with van der Waals surface area (Å²) in [6.45, 7) is 0.383. The molecule has 7 heteroatoms. The van der Waals surface area contributed by atoms with Gasteiger partial charge in [-0.2, -0.15) is 0 Å². The first kappa shape index (κ1) is 12.0. The van der Waals surface area contributed by atoms with E-state index < -0.39 is 0 Å². The van der Waals surface area contributed by atoms with Gasteiger partial charge in [-0.3, -0.25) is 4.79 Å². The fraction of sp³-hybridized carbons (Fsp3) is 0.625. The van der Waals surface area contributed by atoms with E-state index in [9.17, 15) is 4.79 Å². The molecule has 0 aliphatic heterocycles. The Morgan fingerprint density at radius 1 is 1.80 bits per heavy atom. The smallest absolute Gasteiger partial charge is 0.264 e. The van der Waals surface area contributed by atoms with Crippen LogP contribution in [0.15, 0.2) is 6.20 Å². The molecular weight excluding hydrogens is 218 g/mol. The van der Waals surface area contributed by atoms with Gasteiger partial charge in [0.25, 0.3) is 5.91 Å². The molecule has 0 saturated carbocycles. The minimum Gasteiger partial charge on any atom is -0.396 e. The van der Waals surface area contributed by atoms with Crippen molar-refractivity contribution < 1.29 is 14.6 Å². The summed E-state index contributed by atoms with van der Waals surface area (Å²) in [7, 11) is 1.55. The Morgan fingerprint density at radius 3 is 3.13 bits per heavy atom. The van der Waals surface area contributed by atoms with Crippen LogP contribution in [0.5, 0.6) is 0 Å². The molecule has 0 aliphatic carbocycles. The maximum absolute atomic E-state index is 11.5. The van der Waals surface area contributed by atoms with E-state index in [4.69, 9.17) is 9.84 Å². The van der Waals surface area contributed by atoms with Crippen LogP contribution in [-0.4, -0.2) is 47.0 Å². The molecule has 0 radical (unpaired) electrons. The van der Waals surface area contributed by atoms with Gasteiger partial charge in [0.15, 0.2) is 0 Å². The zero-order valence-electron chi connectivity index (χ0n) is 8.34. The molecule has 0 fully saturated rings. The van der Waals surface area contributed by atoms with E-state index in [0.29, 0.717) is 17.9 Å². The van der Waals surface area contributed by atoms with Gasteiger partial charge < -0.3 is 15.2 Å². The van der Waals surface area contributed by atoms with Gasteiger partial charge in [-0.1, -0.05) is 4.49 Å². The van der Waals surface area contributed by atoms with Gasteiger partial charge in [0, 0.05) is 13.7 Å². The van der Waals surface area contributed by atoms with Gasteiger partial charge in [-0.25, -0.2) is 0 Å². The van der Waals surface area contributed by atoms with Crippen molar-refractivity contribution in [3.63, 3.8) is 0 Å². The Kier molecular flexibility index (Phi) is 5.16. The number of carbonyl (C=O) groups excluding carboxylic acids is 1. The third-order valence-electron chi connectivity index (χ3n) is 1.77. The summed E-state index contributed by atoms with van der Waals surface area (Å²) in [5, 5.41) is 15.1. The van der Waals surface area contributed by atoms with Crippen LogP contribution in [-0.2, 0) is 4.74 Å². The van der Waals surface area contributed by atoms with Crippen LogP contribution in [0.1, 0.15) is 16.1 Å². The quantitative estimate of drug-likeness (QED) is 0.700. The Morgan fingerprint density at radius 2 is 2.60 bits per heavy atom. The number of aromatic nitrogens is 2. The number of aliphatic hydroxyl groups is 1. The lowest BCUT2D eigenvalue weighted by Crippen LogP contribution is -2.38. The molecule has 15 heavy (non-hydrogen) atoms. The van der Waals surface area contributed by atoms with Crippen LogP contribution in [0.2, 0.25) is 0 Å². The highest BCUT2D eigenvalue weighted by Gasteiger charge is 2.14. The lowest BCUT2D eigenvalue weighted by molar-refractivity contribution is 0.0882. The predicted molar refractivity (Wildman–Crippen MR) is 54.7 cm³/mol. The summed E-state index contributed by atoms with van der Waals surface area (Å²) in [5.41, 5.74) is 0. The maximum Gasteiger partial charge on any atom is 0.264 e. The number of methoxy groups -OCH3 is 1. The molecule has 1 atom stereocenters. The van der Waals surface area contributed by atoms with E-state index in [-0.39, 0.29) is 18.6 Å². The standard InChI is InChI=1S/C8H13N3O3S/c1-14-5-6(2-3-12)10-8(13)7-4-9-11-15-7/h4,6,12H,2-3,5H2,1H3,(H,10,13). The molecule has 84 valence electrons. The summed E-state index contributed by atoms with van der Waals surface area (Å²) in [6.07, 6.45) is 1.87. The molecule has 1 unspecified atom stereocenters. The van der Waals surface area contributed by atoms with Gasteiger partial charge in [0.2, 0.25) is 0 Å². The number of nitrogens with zero attached hydrogens (tertiary/aromatic N) is 2. The SMILES string of the molecule is COCC(CCO)NC(=O)c1cnns1. The predicted octanol–water partition coefficient (Wildman–Crippen LogP) is -0.335. The first-order valence-electron chi connectivity index (χ1n) is 4.46. The second-order valence-electron chi connectivity index (χ2n) is 2.92. The van der Waals surface area contributed by atoms with Crippen molar-refractivity contribution >= 4 is 17.4 Å². The van der Waals surface area contributed by atoms with E-state index in [1.54, 1.807) is 7.11 Å². The van der Waals surface area contributed by atoms with E-state index in [1.807, 2.05) is 0 Å². The van der Waals surface area contributed by atoms with Gasteiger partial charge in [0.05, 0.1) is 18.8 Å². The van der Waals surface area contributed by atoms with E-state index in [1.165, 1.54) is 6.20 Å². The minimum atomic E-state index is -0.236. The molecule has 2 N–H and O–H groups in total. The molecule has 0 aromatic carbocycles. The van der Waals surface area contributed by atoms with Gasteiger partial charge in [-0.05, 0) is 18.0 Å². The molecule has 1 amide bonds. The molecule has 1 heterocycles. The molecule has 0 bridgehead atoms. The van der Waals surface area contributed by atoms with Crippen LogP contribution < -0.4 is 5.32 Å². The number of aliphatic hydroxyl groups excluding tert-OH is 1. The summed E-state index contributed by atoms with van der Waals surface area (Å²) in [5.74, 6) is -0.236. The third kappa shape index (κ3) is 3.90. The highest BCUT2D eigenvalue weighted by Crippen LogP contribution is 2.03. The Labute approximate surface area is 91.4 Å². The van der Waals surface area contributed by atoms with Crippen molar-refractivity contribution in [1.29, 1.82) is 0 Å². The van der Waals surface area contributed by atoms with Crippen molar-refractivity contribution in [2.75, 3.05) is 20.3 Å². The largest absolute Gasteiger partial charge is 0.396 e. The number of rotatable bonds is 6. The second-order valence-corrected chi connectivity index (χ2v) is 3.71. The Balaban J connectivity index is 2.47. The van der Waals surface area contributed by atoms with Crippen LogP contribution in [0.4, 0.5) is 0 Å². The molecule has 0 saturated heterocycles. The first-order chi connectivity index (χ1) is 7.27. The van der Waals surface area contributed by atoms with Crippen LogP contribution in [0.3, 0.4) is 0 Å². The summed E-state index contributed by atoms with van der Waals surface area (Å²) in [6, 6.07) is -0.186. The topological polar surface area (TPSA) is 84.3 Å². The van der Waals surface area contributed by atoms with Gasteiger partial charge in [-0.15, -0.1) is 5.10 Å². The van der Waals surface area contributed by atoms with Crippen molar-refractivity contribution in [2.24, 2.45) is 0 Å². The molecule has 1 rings (SSSR count). The number of ether oxygens (including phenoxy) is 1. The lowest BCUT2D eigenvalue weighted by Gasteiger charge is -2.15. The third-order valence-corrected chi connectivity index (χ3v) is 2.43. The molecule has 0 spiro atoms. The van der Waals surface area contributed by atoms with Crippen molar-refractivity contribution in [2.45, 2.75) is 12.5 Å².